The fourth-order valence-corrected chi connectivity index (χ4v) is 2.09. The molecule has 1 heterocycles. The van der Waals surface area contributed by atoms with Crippen molar-refractivity contribution < 1.29 is 14.3 Å². The summed E-state index contributed by atoms with van der Waals surface area (Å²) in [5.74, 6) is 1.44. The molecule has 1 N–H and O–H groups in total. The molecule has 0 atom stereocenters. The number of pyridine rings is 1. The maximum absolute atomic E-state index is 11.3. The number of carbonyl (C=O) groups is 1. The molecule has 0 bridgehead atoms. The first-order valence-corrected chi connectivity index (χ1v) is 7.07. The molecule has 0 unspecified atom stereocenters. The average Bonchev–Trinajstić information content (AvgIpc) is 2.51. The summed E-state index contributed by atoms with van der Waals surface area (Å²) in [4.78, 5) is 15.6. The summed E-state index contributed by atoms with van der Waals surface area (Å²) < 4.78 is 10.1. The summed E-state index contributed by atoms with van der Waals surface area (Å²) in [7, 11) is 1.64. The second-order valence-electron chi connectivity index (χ2n) is 4.58. The van der Waals surface area contributed by atoms with E-state index in [4.69, 9.17) is 9.47 Å². The molecule has 0 amide bonds. The molecule has 2 aromatic rings. The van der Waals surface area contributed by atoms with Crippen LogP contribution in [0.4, 0.5) is 5.82 Å². The number of esters is 1. The zero-order valence-corrected chi connectivity index (χ0v) is 12.4. The van der Waals surface area contributed by atoms with Crippen LogP contribution in [0.2, 0.25) is 0 Å². The summed E-state index contributed by atoms with van der Waals surface area (Å²) in [6, 6.07) is 7.83. The lowest BCUT2D eigenvalue weighted by molar-refractivity contribution is -0.143. The smallest absolute Gasteiger partial charge is 0.305 e. The molecule has 0 saturated carbocycles. The highest BCUT2D eigenvalue weighted by atomic mass is 16.5. The summed E-state index contributed by atoms with van der Waals surface area (Å²) in [5.41, 5.74) is 0. The van der Waals surface area contributed by atoms with Crippen molar-refractivity contribution in [2.24, 2.45) is 0 Å². The van der Waals surface area contributed by atoms with Gasteiger partial charge < -0.3 is 14.8 Å². The van der Waals surface area contributed by atoms with Gasteiger partial charge >= 0.3 is 5.97 Å². The maximum Gasteiger partial charge on any atom is 0.305 e. The Balaban J connectivity index is 1.99. The number of benzene rings is 1. The Morgan fingerprint density at radius 1 is 1.33 bits per heavy atom. The minimum absolute atomic E-state index is 0.160. The summed E-state index contributed by atoms with van der Waals surface area (Å²) in [6.07, 6.45) is 2.89. The minimum atomic E-state index is -0.160. The van der Waals surface area contributed by atoms with Crippen molar-refractivity contribution in [2.75, 3.05) is 25.6 Å². The van der Waals surface area contributed by atoms with Crippen LogP contribution in [0.25, 0.3) is 10.8 Å². The van der Waals surface area contributed by atoms with Crippen LogP contribution in [-0.4, -0.2) is 31.2 Å². The van der Waals surface area contributed by atoms with Gasteiger partial charge in [-0.2, -0.15) is 0 Å². The Hall–Kier alpha value is -2.30. The van der Waals surface area contributed by atoms with Crippen LogP contribution in [0.1, 0.15) is 19.8 Å². The van der Waals surface area contributed by atoms with Crippen LogP contribution in [0.15, 0.2) is 30.5 Å². The zero-order valence-electron chi connectivity index (χ0n) is 12.4. The van der Waals surface area contributed by atoms with E-state index >= 15 is 0 Å². The Morgan fingerprint density at radius 2 is 2.19 bits per heavy atom. The molecule has 21 heavy (non-hydrogen) atoms. The van der Waals surface area contributed by atoms with Crippen LogP contribution in [0.3, 0.4) is 0 Å². The molecule has 0 fully saturated rings. The molecule has 0 spiro atoms. The summed E-state index contributed by atoms with van der Waals surface area (Å²) in [6.45, 7) is 2.91. The number of nitrogens with zero attached hydrogens (tertiary/aromatic N) is 1. The van der Waals surface area contributed by atoms with E-state index in [9.17, 15) is 4.79 Å². The van der Waals surface area contributed by atoms with Gasteiger partial charge in [0.25, 0.3) is 0 Å². The fourth-order valence-electron chi connectivity index (χ4n) is 2.09. The number of hydrogen-bond donors (Lipinski definition) is 1. The quantitative estimate of drug-likeness (QED) is 0.627. The lowest BCUT2D eigenvalue weighted by Gasteiger charge is -2.09. The van der Waals surface area contributed by atoms with Gasteiger partial charge in [-0.3, -0.25) is 4.79 Å². The molecule has 0 aliphatic heterocycles. The lowest BCUT2D eigenvalue weighted by Crippen LogP contribution is -2.09. The first-order valence-electron chi connectivity index (χ1n) is 7.07. The van der Waals surface area contributed by atoms with Crippen LogP contribution >= 0.6 is 0 Å². The van der Waals surface area contributed by atoms with Crippen molar-refractivity contribution in [2.45, 2.75) is 19.8 Å². The van der Waals surface area contributed by atoms with Crippen molar-refractivity contribution in [1.29, 1.82) is 0 Å². The first-order chi connectivity index (χ1) is 10.2. The van der Waals surface area contributed by atoms with E-state index in [1.807, 2.05) is 31.2 Å². The van der Waals surface area contributed by atoms with Gasteiger partial charge in [-0.1, -0.05) is 6.07 Å². The number of methoxy groups -OCH3 is 1. The molecule has 1 aromatic carbocycles. The van der Waals surface area contributed by atoms with Crippen LogP contribution in [0, 0.1) is 0 Å². The molecule has 0 aliphatic rings. The van der Waals surface area contributed by atoms with Gasteiger partial charge in [0.15, 0.2) is 0 Å². The van der Waals surface area contributed by atoms with E-state index in [0.29, 0.717) is 26.0 Å². The molecule has 0 aliphatic carbocycles. The molecule has 0 radical (unpaired) electrons. The Labute approximate surface area is 124 Å². The second kappa shape index (κ2) is 7.47. The van der Waals surface area contributed by atoms with Crippen LogP contribution < -0.4 is 10.1 Å². The molecule has 112 valence electrons. The third-order valence-corrected chi connectivity index (χ3v) is 3.13. The molecule has 2 rings (SSSR count). The Morgan fingerprint density at radius 3 is 2.95 bits per heavy atom. The number of anilines is 1. The van der Waals surface area contributed by atoms with E-state index in [1.165, 1.54) is 0 Å². The third kappa shape index (κ3) is 4.08. The Bertz CT molecular complexity index is 613. The number of carbonyl (C=O) groups excluding carboxylic acids is 1. The average molecular weight is 288 g/mol. The van der Waals surface area contributed by atoms with E-state index in [0.717, 1.165) is 22.3 Å². The van der Waals surface area contributed by atoms with Crippen molar-refractivity contribution in [3.63, 3.8) is 0 Å². The monoisotopic (exact) mass is 288 g/mol. The van der Waals surface area contributed by atoms with E-state index in [2.05, 4.69) is 10.3 Å². The standard InChI is InChI=1S/C16H20N2O3/c1-3-21-15(19)5-4-9-17-16-14-11-13(20-2)7-6-12(14)8-10-18-16/h6-8,10-11H,3-5,9H2,1-2H3,(H,17,18). The number of rotatable bonds is 7. The minimum Gasteiger partial charge on any atom is -0.497 e. The summed E-state index contributed by atoms with van der Waals surface area (Å²) in [5, 5.41) is 5.37. The predicted octanol–water partition coefficient (Wildman–Crippen LogP) is 3.00. The van der Waals surface area contributed by atoms with Gasteiger partial charge in [0.05, 0.1) is 13.7 Å². The highest BCUT2D eigenvalue weighted by molar-refractivity contribution is 5.92. The SMILES string of the molecule is CCOC(=O)CCCNc1nccc2ccc(OC)cc12. The molecular formula is C16H20N2O3. The number of ether oxygens (including phenoxy) is 2. The first kappa shape index (κ1) is 15.1. The van der Waals surface area contributed by atoms with Gasteiger partial charge in [-0.25, -0.2) is 4.98 Å². The summed E-state index contributed by atoms with van der Waals surface area (Å²) >= 11 is 0. The van der Waals surface area contributed by atoms with Gasteiger partial charge in [0, 0.05) is 24.5 Å². The topological polar surface area (TPSA) is 60.5 Å². The number of hydrogen-bond acceptors (Lipinski definition) is 5. The highest BCUT2D eigenvalue weighted by Gasteiger charge is 2.05. The highest BCUT2D eigenvalue weighted by Crippen LogP contribution is 2.25. The fraction of sp³-hybridized carbons (Fsp3) is 0.375. The van der Waals surface area contributed by atoms with Crippen molar-refractivity contribution in [3.8, 4) is 5.75 Å². The van der Waals surface area contributed by atoms with Gasteiger partial charge in [-0.15, -0.1) is 0 Å². The van der Waals surface area contributed by atoms with Crippen molar-refractivity contribution in [1.82, 2.24) is 4.98 Å². The maximum atomic E-state index is 11.3. The molecular weight excluding hydrogens is 268 g/mol. The van der Waals surface area contributed by atoms with Gasteiger partial charge in [0.1, 0.15) is 11.6 Å². The number of fused-ring (bicyclic) bond motifs is 1. The molecule has 5 heteroatoms. The van der Waals surface area contributed by atoms with Gasteiger partial charge in [0.2, 0.25) is 0 Å². The van der Waals surface area contributed by atoms with Crippen LogP contribution in [-0.2, 0) is 9.53 Å². The molecule has 1 aromatic heterocycles. The zero-order chi connectivity index (χ0) is 15.1. The van der Waals surface area contributed by atoms with Gasteiger partial charge in [-0.05, 0) is 36.9 Å². The lowest BCUT2D eigenvalue weighted by atomic mass is 10.1. The van der Waals surface area contributed by atoms with Crippen LogP contribution in [0.5, 0.6) is 5.75 Å². The van der Waals surface area contributed by atoms with E-state index < -0.39 is 0 Å². The molecule has 5 nitrogen and oxygen atoms in total. The number of aromatic nitrogens is 1. The Kier molecular flexibility index (Phi) is 5.37. The normalized spacial score (nSPS) is 10.4. The van der Waals surface area contributed by atoms with E-state index in [-0.39, 0.29) is 5.97 Å². The number of nitrogens with one attached hydrogen (secondary N) is 1. The third-order valence-electron chi connectivity index (χ3n) is 3.13. The molecule has 0 saturated heterocycles. The van der Waals surface area contributed by atoms with E-state index in [1.54, 1.807) is 13.3 Å². The largest absolute Gasteiger partial charge is 0.497 e. The van der Waals surface area contributed by atoms with Crippen molar-refractivity contribution >= 4 is 22.6 Å². The van der Waals surface area contributed by atoms with Crippen molar-refractivity contribution in [3.05, 3.63) is 30.5 Å². The second-order valence-corrected chi connectivity index (χ2v) is 4.58. The predicted molar refractivity (Wildman–Crippen MR) is 82.7 cm³/mol.